The number of hydrogen-bond donors (Lipinski definition) is 1. The van der Waals surface area contributed by atoms with Crippen LogP contribution in [0.2, 0.25) is 0 Å². The van der Waals surface area contributed by atoms with Crippen molar-refractivity contribution in [2.45, 2.75) is 58.3 Å². The predicted molar refractivity (Wildman–Crippen MR) is 144 cm³/mol. The van der Waals surface area contributed by atoms with E-state index < -0.39 is 61.1 Å². The van der Waals surface area contributed by atoms with Gasteiger partial charge in [-0.15, -0.1) is 11.3 Å². The van der Waals surface area contributed by atoms with Crippen LogP contribution in [0.3, 0.4) is 0 Å². The van der Waals surface area contributed by atoms with E-state index in [1.807, 2.05) is 24.3 Å². The molecule has 1 saturated heterocycles. The third-order valence-electron chi connectivity index (χ3n) is 5.91. The Morgan fingerprint density at radius 1 is 1.00 bits per heavy atom. The van der Waals surface area contributed by atoms with Gasteiger partial charge in [0.2, 0.25) is 5.88 Å². The summed E-state index contributed by atoms with van der Waals surface area (Å²) in [5.74, 6) is -3.25. The fourth-order valence-electron chi connectivity index (χ4n) is 4.42. The highest BCUT2D eigenvalue weighted by Crippen LogP contribution is 2.41. The van der Waals surface area contributed by atoms with E-state index in [0.29, 0.717) is 4.88 Å². The molecular formula is C26H26N2O10S2. The van der Waals surface area contributed by atoms with E-state index in [1.165, 1.54) is 11.5 Å². The van der Waals surface area contributed by atoms with Crippen molar-refractivity contribution in [3.8, 4) is 5.88 Å². The summed E-state index contributed by atoms with van der Waals surface area (Å²) < 4.78 is 29.0. The maximum absolute atomic E-state index is 12.2. The number of para-hydroxylation sites is 1. The lowest BCUT2D eigenvalue weighted by Crippen LogP contribution is -2.60. The molecule has 2 aliphatic heterocycles. The van der Waals surface area contributed by atoms with Gasteiger partial charge in [0.15, 0.2) is 28.5 Å². The van der Waals surface area contributed by atoms with Gasteiger partial charge in [0, 0.05) is 45.0 Å². The Bertz CT molecular complexity index is 1460. The Kier molecular flexibility index (Phi) is 8.81. The van der Waals surface area contributed by atoms with Crippen molar-refractivity contribution in [2.24, 2.45) is 4.99 Å². The molecule has 40 heavy (non-hydrogen) atoms. The van der Waals surface area contributed by atoms with Crippen LogP contribution >= 0.6 is 23.6 Å². The minimum atomic E-state index is -1.42. The van der Waals surface area contributed by atoms with Gasteiger partial charge in [0.25, 0.3) is 0 Å². The van der Waals surface area contributed by atoms with Gasteiger partial charge < -0.3 is 28.8 Å². The van der Waals surface area contributed by atoms with Crippen molar-refractivity contribution in [3.63, 3.8) is 0 Å². The highest BCUT2D eigenvalue weighted by Gasteiger charge is 2.53. The molecule has 4 rings (SSSR count). The summed E-state index contributed by atoms with van der Waals surface area (Å²) in [6.07, 6.45) is -3.34. The van der Waals surface area contributed by atoms with E-state index in [9.17, 15) is 24.3 Å². The molecule has 212 valence electrons. The number of carbonyl (C=O) groups is 4. The molecule has 3 heterocycles. The molecule has 0 spiro atoms. The molecule has 1 fully saturated rings. The topological polar surface area (TPSA) is 152 Å². The molecule has 0 saturated carbocycles. The summed E-state index contributed by atoms with van der Waals surface area (Å²) in [7, 11) is 0. The molecular weight excluding hydrogens is 564 g/mol. The van der Waals surface area contributed by atoms with Gasteiger partial charge in [0.1, 0.15) is 12.7 Å². The maximum atomic E-state index is 12.2. The normalized spacial score (nSPS) is 24.3. The Labute approximate surface area is 237 Å². The lowest BCUT2D eigenvalue weighted by molar-refractivity contribution is -0.269. The molecule has 0 aliphatic carbocycles. The Morgan fingerprint density at radius 2 is 1.62 bits per heavy atom. The number of aromatic nitrogens is 1. The van der Waals surface area contributed by atoms with Crippen molar-refractivity contribution < 1.29 is 48.0 Å². The van der Waals surface area contributed by atoms with E-state index in [1.54, 1.807) is 12.3 Å². The van der Waals surface area contributed by atoms with Gasteiger partial charge in [-0.2, -0.15) is 0 Å². The molecule has 0 bridgehead atoms. The zero-order valence-electron chi connectivity index (χ0n) is 21.9. The third kappa shape index (κ3) is 6.29. The first kappa shape index (κ1) is 29.1. The van der Waals surface area contributed by atoms with Gasteiger partial charge in [-0.3, -0.25) is 28.7 Å². The predicted octanol–water partition coefficient (Wildman–Crippen LogP) is 3.50. The first-order chi connectivity index (χ1) is 19.0. The number of rotatable bonds is 7. The van der Waals surface area contributed by atoms with E-state index in [2.05, 4.69) is 4.99 Å². The van der Waals surface area contributed by atoms with E-state index in [4.69, 9.17) is 35.9 Å². The number of carbonyl (C=O) groups excluding carboxylic acids is 4. The number of aliphatic imine (C=N–C) groups is 1. The van der Waals surface area contributed by atoms with E-state index >= 15 is 0 Å². The molecule has 1 N–H and O–H groups in total. The average Bonchev–Trinajstić information content (AvgIpc) is 3.40. The van der Waals surface area contributed by atoms with Crippen molar-refractivity contribution in [2.75, 3.05) is 6.61 Å². The van der Waals surface area contributed by atoms with Gasteiger partial charge in [0.05, 0.1) is 10.6 Å². The van der Waals surface area contributed by atoms with Crippen LogP contribution in [-0.2, 0) is 42.9 Å². The largest absolute Gasteiger partial charge is 0.493 e. The fraction of sp³-hybridized carbons (Fsp3) is 0.385. The van der Waals surface area contributed by atoms with Crippen LogP contribution in [0.15, 0.2) is 29.3 Å². The second kappa shape index (κ2) is 12.1. The number of allylic oxidation sites excluding steroid dienone is 1. The zero-order chi connectivity index (χ0) is 29.1. The van der Waals surface area contributed by atoms with E-state index in [-0.39, 0.29) is 9.83 Å². The molecule has 5 unspecified atom stereocenters. The quantitative estimate of drug-likeness (QED) is 0.287. The first-order valence-corrected chi connectivity index (χ1v) is 13.3. The summed E-state index contributed by atoms with van der Waals surface area (Å²) >= 11 is 6.61. The smallest absolute Gasteiger partial charge is 0.303 e. The van der Waals surface area contributed by atoms with Crippen molar-refractivity contribution in [1.82, 2.24) is 4.57 Å². The maximum Gasteiger partial charge on any atom is 0.303 e. The summed E-state index contributed by atoms with van der Waals surface area (Å²) in [5, 5.41) is 11.3. The van der Waals surface area contributed by atoms with Crippen LogP contribution in [-0.4, -0.2) is 70.8 Å². The Balaban J connectivity index is 1.81. The zero-order valence-corrected chi connectivity index (χ0v) is 23.5. The summed E-state index contributed by atoms with van der Waals surface area (Å²) in [5.41, 5.74) is 2.37. The fourth-order valence-corrected chi connectivity index (χ4v) is 5.73. The number of thiazole rings is 1. The Morgan fingerprint density at radius 3 is 2.27 bits per heavy atom. The highest BCUT2D eigenvalue weighted by molar-refractivity contribution is 7.73. The second-order valence-electron chi connectivity index (χ2n) is 8.89. The molecule has 0 amide bonds. The minimum Gasteiger partial charge on any atom is -0.493 e. The minimum absolute atomic E-state index is 0.133. The van der Waals surface area contributed by atoms with Gasteiger partial charge in [-0.1, -0.05) is 18.2 Å². The summed E-state index contributed by atoms with van der Waals surface area (Å²) in [6.45, 7) is 4.16. The molecule has 2 aliphatic rings. The molecule has 1 aromatic heterocycles. The van der Waals surface area contributed by atoms with Crippen LogP contribution < -0.4 is 0 Å². The molecule has 12 nitrogen and oxygen atoms in total. The number of ether oxygens (including phenoxy) is 5. The number of esters is 4. The highest BCUT2D eigenvalue weighted by atomic mass is 32.1. The Hall–Kier alpha value is -3.88. The van der Waals surface area contributed by atoms with Gasteiger partial charge >= 0.3 is 23.9 Å². The first-order valence-electron chi connectivity index (χ1n) is 12.1. The standard InChI is InChI=1S/C26H26N2O10S2/c1-12(29)34-11-19-21(35-13(2)30)22(36-14(3)31)23(37-15(4)32)25(38-19)28-24(33)20(40-26(28)39)9-16-10-27-18-8-6-5-7-17(16)18/h5-10,19,21-23,25,33H,11H2,1-4H3/b16-9+. The van der Waals surface area contributed by atoms with Gasteiger partial charge in [-0.05, 0) is 24.4 Å². The summed E-state index contributed by atoms with van der Waals surface area (Å²) in [4.78, 5) is 52.5. The number of aromatic hydroxyl groups is 1. The molecule has 2 aromatic rings. The van der Waals surface area contributed by atoms with E-state index in [0.717, 1.165) is 48.9 Å². The third-order valence-corrected chi connectivity index (χ3v) is 7.25. The summed E-state index contributed by atoms with van der Waals surface area (Å²) in [6, 6.07) is 7.48. The monoisotopic (exact) mass is 590 g/mol. The molecule has 1 aromatic carbocycles. The number of fused-ring (bicyclic) bond motifs is 1. The lowest BCUT2D eigenvalue weighted by Gasteiger charge is -2.44. The average molecular weight is 591 g/mol. The number of hydrogen-bond acceptors (Lipinski definition) is 13. The molecule has 0 radical (unpaired) electrons. The van der Waals surface area contributed by atoms with Crippen molar-refractivity contribution in [3.05, 3.63) is 38.7 Å². The van der Waals surface area contributed by atoms with Crippen LogP contribution in [0.4, 0.5) is 5.69 Å². The van der Waals surface area contributed by atoms with Crippen molar-refractivity contribution in [1.29, 1.82) is 0 Å². The van der Waals surface area contributed by atoms with Crippen LogP contribution in [0.5, 0.6) is 5.88 Å². The second-order valence-corrected chi connectivity index (χ2v) is 10.6. The SMILES string of the molecule is CC(=O)OCC1OC(n2c(O)c(/C=C3\C=Nc4ccccc43)sc2=S)C(OC(C)=O)C(OC(C)=O)C1OC(C)=O. The van der Waals surface area contributed by atoms with Crippen LogP contribution in [0, 0.1) is 3.95 Å². The van der Waals surface area contributed by atoms with Crippen LogP contribution in [0.25, 0.3) is 11.6 Å². The molecule has 5 atom stereocenters. The number of benzene rings is 1. The van der Waals surface area contributed by atoms with Crippen molar-refractivity contribution >= 4 is 71.0 Å². The lowest BCUT2D eigenvalue weighted by atomic mass is 9.97. The van der Waals surface area contributed by atoms with Crippen LogP contribution in [0.1, 0.15) is 44.4 Å². The van der Waals surface area contributed by atoms with Gasteiger partial charge in [-0.25, -0.2) is 0 Å². The molecule has 14 heteroatoms. The number of nitrogens with zero attached hydrogens (tertiary/aromatic N) is 2.